The maximum atomic E-state index is 10.5. The van der Waals surface area contributed by atoms with Crippen LogP contribution in [0.3, 0.4) is 0 Å². The van der Waals surface area contributed by atoms with Crippen LogP contribution in [0.1, 0.15) is 24.8 Å². The summed E-state index contributed by atoms with van der Waals surface area (Å²) in [4.78, 5) is 0.315. The first-order chi connectivity index (χ1) is 8.30. The Balaban J connectivity index is 0.000000199. The second-order valence-corrected chi connectivity index (χ2v) is 6.90. The third-order valence-electron chi connectivity index (χ3n) is 2.72. The highest BCUT2D eigenvalue weighted by Gasteiger charge is 2.21. The molecule has 0 aliphatic heterocycles. The van der Waals surface area contributed by atoms with E-state index in [0.29, 0.717) is 4.83 Å². The molecule has 0 saturated heterocycles. The molecule has 102 valence electrons. The van der Waals surface area contributed by atoms with E-state index in [4.69, 9.17) is 9.66 Å². The maximum Gasteiger partial charge on any atom is 0.294 e. The smallest absolute Gasteiger partial charge is 0.294 e. The summed E-state index contributed by atoms with van der Waals surface area (Å²) in [6, 6.07) is 5.99. The van der Waals surface area contributed by atoms with Gasteiger partial charge in [0.05, 0.1) is 11.0 Å². The molecule has 1 aromatic rings. The fraction of sp³-hybridized carbons (Fsp3) is 0.500. The minimum absolute atomic E-state index is 0.0666. The number of rotatable bonds is 1. The highest BCUT2D eigenvalue weighted by Crippen LogP contribution is 2.24. The van der Waals surface area contributed by atoms with E-state index in [9.17, 15) is 8.42 Å². The zero-order valence-electron chi connectivity index (χ0n) is 10.1. The van der Waals surface area contributed by atoms with E-state index in [1.807, 2.05) is 6.92 Å². The Labute approximate surface area is 116 Å². The summed E-state index contributed by atoms with van der Waals surface area (Å²) in [5.41, 5.74) is 0.956. The molecule has 1 fully saturated rings. The van der Waals surface area contributed by atoms with E-state index in [0.717, 1.165) is 18.4 Å². The van der Waals surface area contributed by atoms with E-state index >= 15 is 0 Å². The molecular formula is C12H17BrO4S. The number of benzene rings is 1. The van der Waals surface area contributed by atoms with Gasteiger partial charge in [-0.3, -0.25) is 4.55 Å². The van der Waals surface area contributed by atoms with Gasteiger partial charge in [0, 0.05) is 4.83 Å². The van der Waals surface area contributed by atoms with E-state index in [1.165, 1.54) is 18.6 Å². The number of aryl methyl sites for hydroxylation is 1. The Kier molecular flexibility index (Phi) is 5.78. The topological polar surface area (TPSA) is 74.6 Å². The SMILES string of the molecule is Cc1ccc(S(=O)(=O)O)cc1.O[C@@H]1CCC[C@H]1Br. The van der Waals surface area contributed by atoms with Gasteiger partial charge in [-0.1, -0.05) is 33.6 Å². The minimum Gasteiger partial charge on any atom is -0.392 e. The fourth-order valence-corrected chi connectivity index (χ4v) is 2.67. The van der Waals surface area contributed by atoms with Crippen LogP contribution >= 0.6 is 15.9 Å². The van der Waals surface area contributed by atoms with E-state index in [-0.39, 0.29) is 11.0 Å². The standard InChI is InChI=1S/C7H8O3S.C5H9BrO/c1-6-2-4-7(5-3-6)11(8,9)10;6-4-2-1-3-5(4)7/h2-5H,1H3,(H,8,9,10);4-5,7H,1-3H2/t;4-,5-/m.1/s1. The molecule has 0 amide bonds. The normalized spacial score (nSPS) is 23.3. The molecule has 0 spiro atoms. The quantitative estimate of drug-likeness (QED) is 0.610. The summed E-state index contributed by atoms with van der Waals surface area (Å²) in [5.74, 6) is 0. The van der Waals surface area contributed by atoms with E-state index in [2.05, 4.69) is 15.9 Å². The lowest BCUT2D eigenvalue weighted by Gasteiger charge is -2.02. The van der Waals surface area contributed by atoms with Crippen LogP contribution in [0.25, 0.3) is 0 Å². The monoisotopic (exact) mass is 336 g/mol. The summed E-state index contributed by atoms with van der Waals surface area (Å²) in [6.45, 7) is 1.84. The van der Waals surface area contributed by atoms with Gasteiger partial charge in [0.1, 0.15) is 0 Å². The number of hydrogen-bond donors (Lipinski definition) is 2. The van der Waals surface area contributed by atoms with Crippen molar-refractivity contribution in [2.24, 2.45) is 0 Å². The van der Waals surface area contributed by atoms with Crippen LogP contribution in [-0.4, -0.2) is 29.0 Å². The van der Waals surface area contributed by atoms with Crippen molar-refractivity contribution in [2.75, 3.05) is 0 Å². The van der Waals surface area contributed by atoms with Crippen molar-refractivity contribution in [3.8, 4) is 0 Å². The van der Waals surface area contributed by atoms with Crippen molar-refractivity contribution < 1.29 is 18.1 Å². The number of aliphatic hydroxyl groups is 1. The molecule has 1 aliphatic carbocycles. The van der Waals surface area contributed by atoms with Gasteiger partial charge in [0.15, 0.2) is 0 Å². The van der Waals surface area contributed by atoms with Crippen molar-refractivity contribution in [1.82, 2.24) is 0 Å². The van der Waals surface area contributed by atoms with Crippen molar-refractivity contribution in [3.63, 3.8) is 0 Å². The van der Waals surface area contributed by atoms with Crippen LogP contribution in [0.2, 0.25) is 0 Å². The maximum absolute atomic E-state index is 10.5. The Bertz CT molecular complexity index is 461. The molecule has 1 aromatic carbocycles. The van der Waals surface area contributed by atoms with Crippen molar-refractivity contribution in [2.45, 2.75) is 42.0 Å². The lowest BCUT2D eigenvalue weighted by atomic mass is 10.2. The zero-order valence-corrected chi connectivity index (χ0v) is 12.5. The molecule has 2 rings (SSSR count). The number of halogens is 1. The Hall–Kier alpha value is -0.430. The van der Waals surface area contributed by atoms with Gasteiger partial charge in [-0.2, -0.15) is 8.42 Å². The Morgan fingerprint density at radius 3 is 2.06 bits per heavy atom. The second-order valence-electron chi connectivity index (χ2n) is 4.30. The first-order valence-corrected chi connectivity index (χ1v) is 8.02. The van der Waals surface area contributed by atoms with Gasteiger partial charge in [-0.25, -0.2) is 0 Å². The summed E-state index contributed by atoms with van der Waals surface area (Å²) < 4.78 is 29.6. The van der Waals surface area contributed by atoms with Crippen LogP contribution in [0.15, 0.2) is 29.2 Å². The van der Waals surface area contributed by atoms with Gasteiger partial charge >= 0.3 is 0 Å². The Morgan fingerprint density at radius 1 is 1.22 bits per heavy atom. The molecule has 0 unspecified atom stereocenters. The Morgan fingerprint density at radius 2 is 1.78 bits per heavy atom. The molecule has 0 radical (unpaired) electrons. The second kappa shape index (κ2) is 6.65. The fourth-order valence-electron chi connectivity index (χ4n) is 1.61. The molecular weight excluding hydrogens is 320 g/mol. The third kappa shape index (κ3) is 5.06. The highest BCUT2D eigenvalue weighted by atomic mass is 79.9. The van der Waals surface area contributed by atoms with Crippen molar-refractivity contribution >= 4 is 26.0 Å². The predicted molar refractivity (Wildman–Crippen MR) is 73.6 cm³/mol. The van der Waals surface area contributed by atoms with Gasteiger partial charge in [-0.05, 0) is 38.3 Å². The lowest BCUT2D eigenvalue weighted by molar-refractivity contribution is 0.189. The average Bonchev–Trinajstić information content (AvgIpc) is 2.63. The van der Waals surface area contributed by atoms with E-state index < -0.39 is 10.1 Å². The first kappa shape index (κ1) is 15.6. The molecule has 2 atom stereocenters. The van der Waals surface area contributed by atoms with Crippen LogP contribution in [0.4, 0.5) is 0 Å². The van der Waals surface area contributed by atoms with Crippen molar-refractivity contribution in [3.05, 3.63) is 29.8 Å². The molecule has 4 nitrogen and oxygen atoms in total. The molecule has 0 heterocycles. The number of hydrogen-bond acceptors (Lipinski definition) is 3. The minimum atomic E-state index is -4.02. The van der Waals surface area contributed by atoms with Gasteiger partial charge in [0.25, 0.3) is 10.1 Å². The van der Waals surface area contributed by atoms with Gasteiger partial charge in [0.2, 0.25) is 0 Å². The first-order valence-electron chi connectivity index (χ1n) is 5.67. The predicted octanol–water partition coefficient (Wildman–Crippen LogP) is 2.54. The van der Waals surface area contributed by atoms with Crippen LogP contribution < -0.4 is 0 Å². The molecule has 2 N–H and O–H groups in total. The number of alkyl halides is 1. The molecule has 6 heteroatoms. The largest absolute Gasteiger partial charge is 0.392 e. The molecule has 18 heavy (non-hydrogen) atoms. The van der Waals surface area contributed by atoms with Crippen LogP contribution in [0, 0.1) is 6.92 Å². The van der Waals surface area contributed by atoms with E-state index in [1.54, 1.807) is 12.1 Å². The third-order valence-corrected chi connectivity index (χ3v) is 4.65. The summed E-state index contributed by atoms with van der Waals surface area (Å²) in [5, 5.41) is 8.95. The molecule has 1 saturated carbocycles. The molecule has 0 bridgehead atoms. The van der Waals surface area contributed by atoms with Gasteiger partial charge < -0.3 is 5.11 Å². The van der Waals surface area contributed by atoms with Crippen LogP contribution in [-0.2, 0) is 10.1 Å². The molecule has 0 aromatic heterocycles. The molecule has 1 aliphatic rings. The number of aliphatic hydroxyl groups excluding tert-OH is 1. The highest BCUT2D eigenvalue weighted by molar-refractivity contribution is 9.09. The van der Waals surface area contributed by atoms with Crippen LogP contribution in [0.5, 0.6) is 0 Å². The summed E-state index contributed by atoms with van der Waals surface area (Å²) in [6.07, 6.45) is 3.23. The van der Waals surface area contributed by atoms with Crippen molar-refractivity contribution in [1.29, 1.82) is 0 Å². The summed E-state index contributed by atoms with van der Waals surface area (Å²) >= 11 is 3.35. The van der Waals surface area contributed by atoms with Gasteiger partial charge in [-0.15, -0.1) is 0 Å². The lowest BCUT2D eigenvalue weighted by Crippen LogP contribution is -2.10. The zero-order chi connectivity index (χ0) is 13.8. The average molecular weight is 337 g/mol. The summed E-state index contributed by atoms with van der Waals surface area (Å²) in [7, 11) is -4.02.